The van der Waals surface area contributed by atoms with Crippen molar-refractivity contribution in [2.75, 3.05) is 20.2 Å². The van der Waals surface area contributed by atoms with E-state index in [1.54, 1.807) is 37.0 Å². The fourth-order valence-electron chi connectivity index (χ4n) is 4.07. The molecule has 1 aromatic heterocycles. The molecule has 3 aromatic rings. The van der Waals surface area contributed by atoms with E-state index in [1.807, 2.05) is 17.0 Å². The standard InChI is InChI=1S/C24H26FN3O2/c1-27-23(15-22(26-27)18-6-10-20(25)11-7-18)24(29)28-14-4-3-5-19(16-28)17-8-12-21(30-2)13-9-17/h6-13,15,19H,3-5,14,16H2,1-2H3. The molecule has 1 amide bonds. The molecular formula is C24H26FN3O2. The van der Waals surface area contributed by atoms with Gasteiger partial charge in [-0.05, 0) is 60.9 Å². The molecule has 5 nitrogen and oxygen atoms in total. The van der Waals surface area contributed by atoms with Crippen LogP contribution in [0.4, 0.5) is 4.39 Å². The fourth-order valence-corrected chi connectivity index (χ4v) is 4.07. The first-order valence-corrected chi connectivity index (χ1v) is 10.3. The van der Waals surface area contributed by atoms with Crippen molar-refractivity contribution in [2.45, 2.75) is 25.2 Å². The molecule has 0 bridgehead atoms. The van der Waals surface area contributed by atoms with E-state index < -0.39 is 0 Å². The third kappa shape index (κ3) is 4.22. The number of hydrogen-bond donors (Lipinski definition) is 0. The quantitative estimate of drug-likeness (QED) is 0.633. The Bertz CT molecular complexity index is 1010. The number of likely N-dealkylation sites (tertiary alicyclic amines) is 1. The third-order valence-corrected chi connectivity index (χ3v) is 5.78. The highest BCUT2D eigenvalue weighted by Crippen LogP contribution is 2.29. The van der Waals surface area contributed by atoms with Gasteiger partial charge in [0.05, 0.1) is 12.8 Å². The second-order valence-corrected chi connectivity index (χ2v) is 7.76. The zero-order chi connectivity index (χ0) is 21.1. The van der Waals surface area contributed by atoms with Crippen LogP contribution in [0.25, 0.3) is 11.3 Å². The number of nitrogens with zero attached hydrogens (tertiary/aromatic N) is 3. The van der Waals surface area contributed by atoms with Gasteiger partial charge >= 0.3 is 0 Å². The molecule has 4 rings (SSSR count). The molecule has 1 fully saturated rings. The van der Waals surface area contributed by atoms with Crippen LogP contribution in [0.3, 0.4) is 0 Å². The van der Waals surface area contributed by atoms with Gasteiger partial charge in [-0.1, -0.05) is 18.6 Å². The lowest BCUT2D eigenvalue weighted by Crippen LogP contribution is -2.35. The summed E-state index contributed by atoms with van der Waals surface area (Å²) in [5, 5.41) is 4.48. The molecule has 0 aliphatic carbocycles. The van der Waals surface area contributed by atoms with Crippen molar-refractivity contribution in [1.29, 1.82) is 0 Å². The van der Waals surface area contributed by atoms with Crippen LogP contribution >= 0.6 is 0 Å². The Morgan fingerprint density at radius 2 is 1.83 bits per heavy atom. The van der Waals surface area contributed by atoms with Crippen LogP contribution in [0.5, 0.6) is 5.75 Å². The van der Waals surface area contributed by atoms with Gasteiger partial charge in [-0.25, -0.2) is 4.39 Å². The predicted octanol–water partition coefficient (Wildman–Crippen LogP) is 4.64. The Labute approximate surface area is 176 Å². The number of halogens is 1. The number of amides is 1. The van der Waals surface area contributed by atoms with E-state index in [1.165, 1.54) is 17.7 Å². The number of methoxy groups -OCH3 is 1. The first-order valence-electron chi connectivity index (χ1n) is 10.3. The van der Waals surface area contributed by atoms with Gasteiger partial charge in [0.1, 0.15) is 17.3 Å². The summed E-state index contributed by atoms with van der Waals surface area (Å²) >= 11 is 0. The summed E-state index contributed by atoms with van der Waals surface area (Å²) in [6, 6.07) is 16.1. The molecule has 6 heteroatoms. The molecule has 156 valence electrons. The van der Waals surface area contributed by atoms with Gasteiger partial charge in [-0.3, -0.25) is 9.48 Å². The summed E-state index contributed by atoms with van der Waals surface area (Å²) in [4.78, 5) is 15.3. The number of aryl methyl sites for hydroxylation is 1. The molecule has 1 saturated heterocycles. The number of aromatic nitrogens is 2. The summed E-state index contributed by atoms with van der Waals surface area (Å²) in [6.45, 7) is 1.42. The smallest absolute Gasteiger partial charge is 0.272 e. The Kier molecular flexibility index (Phi) is 5.84. The Hall–Kier alpha value is -3.15. The summed E-state index contributed by atoms with van der Waals surface area (Å²) in [5.74, 6) is 0.828. The first-order chi connectivity index (χ1) is 14.5. The van der Waals surface area contributed by atoms with Crippen molar-refractivity contribution in [3.05, 3.63) is 71.7 Å². The number of carbonyl (C=O) groups excluding carboxylic acids is 1. The average Bonchev–Trinajstić information content (AvgIpc) is 2.99. The lowest BCUT2D eigenvalue weighted by Gasteiger charge is -2.25. The van der Waals surface area contributed by atoms with Crippen molar-refractivity contribution in [3.8, 4) is 17.0 Å². The lowest BCUT2D eigenvalue weighted by atomic mass is 9.94. The molecule has 0 spiro atoms. The molecule has 1 atom stereocenters. The molecule has 0 N–H and O–H groups in total. The van der Waals surface area contributed by atoms with Crippen molar-refractivity contribution >= 4 is 5.91 Å². The minimum Gasteiger partial charge on any atom is -0.497 e. The molecule has 1 aliphatic rings. The van der Waals surface area contributed by atoms with Crippen molar-refractivity contribution < 1.29 is 13.9 Å². The van der Waals surface area contributed by atoms with E-state index in [4.69, 9.17) is 4.74 Å². The minimum absolute atomic E-state index is 0.0150. The Morgan fingerprint density at radius 3 is 2.53 bits per heavy atom. The van der Waals surface area contributed by atoms with Crippen LogP contribution in [0.1, 0.15) is 41.2 Å². The lowest BCUT2D eigenvalue weighted by molar-refractivity contribution is 0.0743. The number of benzene rings is 2. The van der Waals surface area contributed by atoms with Crippen LogP contribution in [0.15, 0.2) is 54.6 Å². The first kappa shape index (κ1) is 20.1. The maximum atomic E-state index is 13.3. The van der Waals surface area contributed by atoms with Gasteiger partial charge < -0.3 is 9.64 Å². The topological polar surface area (TPSA) is 47.4 Å². The second-order valence-electron chi connectivity index (χ2n) is 7.76. The fraction of sp³-hybridized carbons (Fsp3) is 0.333. The number of rotatable bonds is 4. The molecule has 0 saturated carbocycles. The van der Waals surface area contributed by atoms with Gasteiger partial charge in [0.2, 0.25) is 0 Å². The third-order valence-electron chi connectivity index (χ3n) is 5.78. The molecule has 30 heavy (non-hydrogen) atoms. The normalized spacial score (nSPS) is 16.9. The van der Waals surface area contributed by atoms with E-state index in [2.05, 4.69) is 17.2 Å². The number of carbonyl (C=O) groups is 1. The highest BCUT2D eigenvalue weighted by Gasteiger charge is 2.26. The van der Waals surface area contributed by atoms with Crippen LogP contribution in [-0.2, 0) is 7.05 Å². The van der Waals surface area contributed by atoms with Crippen LogP contribution in [-0.4, -0.2) is 40.8 Å². The average molecular weight is 407 g/mol. The number of hydrogen-bond acceptors (Lipinski definition) is 3. The summed E-state index contributed by atoms with van der Waals surface area (Å²) < 4.78 is 20.1. The molecule has 1 unspecified atom stereocenters. The maximum absolute atomic E-state index is 13.3. The molecule has 0 radical (unpaired) electrons. The predicted molar refractivity (Wildman–Crippen MR) is 114 cm³/mol. The van der Waals surface area contributed by atoms with Crippen LogP contribution < -0.4 is 4.74 Å². The van der Waals surface area contributed by atoms with E-state index in [9.17, 15) is 9.18 Å². The van der Waals surface area contributed by atoms with E-state index in [-0.39, 0.29) is 11.7 Å². The van der Waals surface area contributed by atoms with Crippen molar-refractivity contribution in [3.63, 3.8) is 0 Å². The van der Waals surface area contributed by atoms with E-state index in [0.717, 1.165) is 37.1 Å². The zero-order valence-electron chi connectivity index (χ0n) is 17.3. The number of ether oxygens (including phenoxy) is 1. The molecule has 1 aliphatic heterocycles. The van der Waals surface area contributed by atoms with Crippen molar-refractivity contribution in [2.24, 2.45) is 7.05 Å². The van der Waals surface area contributed by atoms with E-state index in [0.29, 0.717) is 23.9 Å². The molecule has 2 aromatic carbocycles. The zero-order valence-corrected chi connectivity index (χ0v) is 17.3. The maximum Gasteiger partial charge on any atom is 0.272 e. The molecular weight excluding hydrogens is 381 g/mol. The van der Waals surface area contributed by atoms with Crippen LogP contribution in [0, 0.1) is 5.82 Å². The SMILES string of the molecule is COc1ccc(C2CCCCN(C(=O)c3cc(-c4ccc(F)cc4)nn3C)C2)cc1. The largest absolute Gasteiger partial charge is 0.497 e. The van der Waals surface area contributed by atoms with Crippen molar-refractivity contribution in [1.82, 2.24) is 14.7 Å². The van der Waals surface area contributed by atoms with Gasteiger partial charge in [-0.15, -0.1) is 0 Å². The van der Waals surface area contributed by atoms with Gasteiger partial charge in [-0.2, -0.15) is 5.10 Å². The Balaban J connectivity index is 1.55. The van der Waals surface area contributed by atoms with Gasteiger partial charge in [0, 0.05) is 31.6 Å². The van der Waals surface area contributed by atoms with Crippen LogP contribution in [0.2, 0.25) is 0 Å². The molecule has 2 heterocycles. The highest BCUT2D eigenvalue weighted by molar-refractivity contribution is 5.93. The van der Waals surface area contributed by atoms with Gasteiger partial charge in [0.15, 0.2) is 0 Å². The second kappa shape index (κ2) is 8.69. The Morgan fingerprint density at radius 1 is 1.10 bits per heavy atom. The summed E-state index contributed by atoms with van der Waals surface area (Å²) in [6.07, 6.45) is 3.14. The monoisotopic (exact) mass is 407 g/mol. The highest BCUT2D eigenvalue weighted by atomic mass is 19.1. The summed E-state index contributed by atoms with van der Waals surface area (Å²) in [5.41, 5.74) is 3.23. The summed E-state index contributed by atoms with van der Waals surface area (Å²) in [7, 11) is 3.44. The van der Waals surface area contributed by atoms with Gasteiger partial charge in [0.25, 0.3) is 5.91 Å². The minimum atomic E-state index is -0.292. The van der Waals surface area contributed by atoms with E-state index >= 15 is 0 Å².